The van der Waals surface area contributed by atoms with E-state index in [1.807, 2.05) is 19.1 Å². The molecule has 116 valence electrons. The van der Waals surface area contributed by atoms with E-state index in [1.165, 1.54) is 6.07 Å². The first kappa shape index (κ1) is 14.9. The quantitative estimate of drug-likeness (QED) is 0.858. The number of fused-ring (bicyclic) bond motifs is 1. The van der Waals surface area contributed by atoms with Crippen molar-refractivity contribution in [3.8, 4) is 11.3 Å². The van der Waals surface area contributed by atoms with Gasteiger partial charge in [0, 0.05) is 43.3 Å². The number of nitrogens with zero attached hydrogens (tertiary/aromatic N) is 1. The summed E-state index contributed by atoms with van der Waals surface area (Å²) < 4.78 is 24.5. The summed E-state index contributed by atoms with van der Waals surface area (Å²) in [5.41, 5.74) is 4.44. The molecule has 0 saturated heterocycles. The van der Waals surface area contributed by atoms with Crippen LogP contribution in [-0.4, -0.2) is 25.2 Å². The Labute approximate surface area is 129 Å². The molecule has 2 heterocycles. The fourth-order valence-electron chi connectivity index (χ4n) is 2.77. The van der Waals surface area contributed by atoms with Gasteiger partial charge in [-0.15, -0.1) is 0 Å². The van der Waals surface area contributed by atoms with Crippen LogP contribution in [0.2, 0.25) is 0 Å². The molecule has 0 aliphatic carbocycles. The summed E-state index contributed by atoms with van der Waals surface area (Å²) in [6.45, 7) is 3.31. The van der Waals surface area contributed by atoms with E-state index in [0.717, 1.165) is 41.0 Å². The molecule has 0 fully saturated rings. The minimum Gasteiger partial charge on any atom is -0.384 e. The van der Waals surface area contributed by atoms with E-state index in [4.69, 9.17) is 9.47 Å². The Morgan fingerprint density at radius 3 is 2.91 bits per heavy atom. The number of halogens is 1. The van der Waals surface area contributed by atoms with Crippen LogP contribution in [-0.2, 0) is 15.9 Å². The first-order valence-corrected chi connectivity index (χ1v) is 7.40. The van der Waals surface area contributed by atoms with E-state index in [2.05, 4.69) is 10.3 Å². The first-order chi connectivity index (χ1) is 10.7. The number of hydrogen-bond acceptors (Lipinski definition) is 4. The molecule has 5 heteroatoms. The predicted octanol–water partition coefficient (Wildman–Crippen LogP) is 3.54. The van der Waals surface area contributed by atoms with E-state index in [0.29, 0.717) is 6.61 Å². The summed E-state index contributed by atoms with van der Waals surface area (Å²) in [6.07, 6.45) is 2.18. The molecule has 1 aromatic heterocycles. The van der Waals surface area contributed by atoms with Crippen LogP contribution in [0.15, 0.2) is 30.5 Å². The van der Waals surface area contributed by atoms with Gasteiger partial charge in [0.15, 0.2) is 6.29 Å². The fourth-order valence-corrected chi connectivity index (χ4v) is 2.77. The van der Waals surface area contributed by atoms with E-state index >= 15 is 0 Å². The Kier molecular flexibility index (Phi) is 4.36. The minimum absolute atomic E-state index is 0.252. The lowest BCUT2D eigenvalue weighted by molar-refractivity contribution is -0.124. The first-order valence-electron chi connectivity index (χ1n) is 7.40. The van der Waals surface area contributed by atoms with Gasteiger partial charge >= 0.3 is 0 Å². The second-order valence-corrected chi connectivity index (χ2v) is 5.16. The van der Waals surface area contributed by atoms with Gasteiger partial charge in [-0.2, -0.15) is 0 Å². The molecule has 0 spiro atoms. The van der Waals surface area contributed by atoms with E-state index < -0.39 is 6.29 Å². The molecule has 22 heavy (non-hydrogen) atoms. The zero-order valence-corrected chi connectivity index (χ0v) is 12.7. The van der Waals surface area contributed by atoms with Crippen molar-refractivity contribution in [2.75, 3.05) is 25.6 Å². The Morgan fingerprint density at radius 1 is 1.36 bits per heavy atom. The molecule has 1 aromatic carbocycles. The van der Waals surface area contributed by atoms with Crippen molar-refractivity contribution in [2.45, 2.75) is 19.6 Å². The van der Waals surface area contributed by atoms with Gasteiger partial charge in [0.2, 0.25) is 0 Å². The number of aromatic nitrogens is 1. The number of anilines is 1. The molecule has 0 bridgehead atoms. The number of pyridine rings is 1. The SMILES string of the molecule is CCOC(OC)c1ccc(-c2cc(F)cc3c2CCN3)nc1. The molecule has 4 nitrogen and oxygen atoms in total. The van der Waals surface area contributed by atoms with Gasteiger partial charge < -0.3 is 14.8 Å². The average Bonchev–Trinajstić information content (AvgIpc) is 3.00. The standard InChI is InChI=1S/C17H19FN2O2/c1-3-22-17(21-2)11-4-5-15(20-10-11)14-8-12(18)9-16-13(14)6-7-19-16/h4-5,8-10,17,19H,3,6-7H2,1-2H3. The van der Waals surface area contributed by atoms with Crippen LogP contribution >= 0.6 is 0 Å². The Balaban J connectivity index is 1.94. The lowest BCUT2D eigenvalue weighted by atomic mass is 10.0. The topological polar surface area (TPSA) is 43.4 Å². The highest BCUT2D eigenvalue weighted by molar-refractivity contribution is 5.74. The number of methoxy groups -OCH3 is 1. The van der Waals surface area contributed by atoms with Crippen molar-refractivity contribution in [2.24, 2.45) is 0 Å². The van der Waals surface area contributed by atoms with Gasteiger partial charge in [-0.05, 0) is 37.1 Å². The monoisotopic (exact) mass is 302 g/mol. The lowest BCUT2D eigenvalue weighted by Crippen LogP contribution is -2.06. The molecule has 1 atom stereocenters. The van der Waals surface area contributed by atoms with Crippen LogP contribution in [0.4, 0.5) is 10.1 Å². The summed E-state index contributed by atoms with van der Waals surface area (Å²) in [4.78, 5) is 4.46. The molecule has 0 amide bonds. The number of ether oxygens (including phenoxy) is 2. The van der Waals surface area contributed by atoms with Gasteiger partial charge in [-0.3, -0.25) is 4.98 Å². The summed E-state index contributed by atoms with van der Waals surface area (Å²) in [7, 11) is 1.60. The molecule has 0 radical (unpaired) electrons. The maximum atomic E-state index is 13.8. The van der Waals surface area contributed by atoms with Crippen molar-refractivity contribution in [1.29, 1.82) is 0 Å². The molecular formula is C17H19FN2O2. The molecule has 1 aliphatic rings. The third kappa shape index (κ3) is 2.82. The van der Waals surface area contributed by atoms with Crippen LogP contribution in [0.5, 0.6) is 0 Å². The van der Waals surface area contributed by atoms with Gasteiger partial charge in [0.1, 0.15) is 5.82 Å². The normalized spacial score (nSPS) is 14.5. The van der Waals surface area contributed by atoms with Gasteiger partial charge in [-0.25, -0.2) is 4.39 Å². The predicted molar refractivity (Wildman–Crippen MR) is 83.2 cm³/mol. The van der Waals surface area contributed by atoms with Crippen LogP contribution < -0.4 is 5.32 Å². The number of hydrogen-bond donors (Lipinski definition) is 1. The maximum Gasteiger partial charge on any atom is 0.184 e. The summed E-state index contributed by atoms with van der Waals surface area (Å²) in [6, 6.07) is 6.88. The van der Waals surface area contributed by atoms with Gasteiger partial charge in [0.05, 0.1) is 5.69 Å². The second-order valence-electron chi connectivity index (χ2n) is 5.16. The average molecular weight is 302 g/mol. The highest BCUT2D eigenvalue weighted by Crippen LogP contribution is 2.33. The van der Waals surface area contributed by atoms with Crippen molar-refractivity contribution in [1.82, 2.24) is 4.98 Å². The maximum absolute atomic E-state index is 13.8. The minimum atomic E-state index is -0.425. The summed E-state index contributed by atoms with van der Waals surface area (Å²) in [5.74, 6) is -0.252. The van der Waals surface area contributed by atoms with Gasteiger partial charge in [0.25, 0.3) is 0 Å². The Bertz CT molecular complexity index is 658. The molecule has 1 unspecified atom stereocenters. The molecule has 0 saturated carbocycles. The molecule has 1 aliphatic heterocycles. The van der Waals surface area contributed by atoms with Crippen molar-refractivity contribution in [3.05, 3.63) is 47.4 Å². The van der Waals surface area contributed by atoms with Crippen LogP contribution in [0.1, 0.15) is 24.3 Å². The zero-order chi connectivity index (χ0) is 15.5. The third-order valence-corrected chi connectivity index (χ3v) is 3.77. The molecule has 2 aromatic rings. The third-order valence-electron chi connectivity index (χ3n) is 3.77. The zero-order valence-electron chi connectivity index (χ0n) is 12.7. The van der Waals surface area contributed by atoms with Crippen molar-refractivity contribution < 1.29 is 13.9 Å². The summed E-state index contributed by atoms with van der Waals surface area (Å²) in [5, 5.41) is 3.20. The Morgan fingerprint density at radius 2 is 2.23 bits per heavy atom. The molecular weight excluding hydrogens is 283 g/mol. The molecule has 3 rings (SSSR count). The van der Waals surface area contributed by atoms with Crippen LogP contribution in [0.3, 0.4) is 0 Å². The fraction of sp³-hybridized carbons (Fsp3) is 0.353. The highest BCUT2D eigenvalue weighted by Gasteiger charge is 2.18. The van der Waals surface area contributed by atoms with Gasteiger partial charge in [-0.1, -0.05) is 6.07 Å². The van der Waals surface area contributed by atoms with E-state index in [9.17, 15) is 4.39 Å². The number of nitrogens with one attached hydrogen (secondary N) is 1. The van der Waals surface area contributed by atoms with E-state index in [-0.39, 0.29) is 5.82 Å². The van der Waals surface area contributed by atoms with E-state index in [1.54, 1.807) is 19.4 Å². The van der Waals surface area contributed by atoms with Crippen molar-refractivity contribution in [3.63, 3.8) is 0 Å². The second kappa shape index (κ2) is 6.42. The smallest absolute Gasteiger partial charge is 0.184 e. The lowest BCUT2D eigenvalue weighted by Gasteiger charge is -2.15. The molecule has 1 N–H and O–H groups in total. The van der Waals surface area contributed by atoms with Crippen LogP contribution in [0, 0.1) is 5.82 Å². The van der Waals surface area contributed by atoms with Crippen LogP contribution in [0.25, 0.3) is 11.3 Å². The Hall–Kier alpha value is -1.98. The largest absolute Gasteiger partial charge is 0.384 e. The number of benzene rings is 1. The number of rotatable bonds is 5. The van der Waals surface area contributed by atoms with Crippen molar-refractivity contribution >= 4 is 5.69 Å². The summed E-state index contributed by atoms with van der Waals surface area (Å²) >= 11 is 0. The highest BCUT2D eigenvalue weighted by atomic mass is 19.1.